The molecule has 0 saturated heterocycles. The molecule has 0 aliphatic carbocycles. The largest absolute Gasteiger partial charge is 0.398 e. The second-order valence-corrected chi connectivity index (χ2v) is 17.4. The highest BCUT2D eigenvalue weighted by molar-refractivity contribution is 6.83. The van der Waals surface area contributed by atoms with E-state index in [1.807, 2.05) is 0 Å². The van der Waals surface area contributed by atoms with Crippen LogP contribution in [0.3, 0.4) is 0 Å². The van der Waals surface area contributed by atoms with Crippen LogP contribution in [0.25, 0.3) is 0 Å². The zero-order valence-corrected chi connectivity index (χ0v) is 16.6. The Morgan fingerprint density at radius 3 is 2.14 bits per heavy atom. The summed E-state index contributed by atoms with van der Waals surface area (Å²) in [5.41, 5.74) is 4.23. The lowest BCUT2D eigenvalue weighted by atomic mass is 10.2. The normalized spacial score (nSPS) is 14.3. The fourth-order valence-corrected chi connectivity index (χ4v) is 3.05. The summed E-state index contributed by atoms with van der Waals surface area (Å²) in [6, 6.07) is 0. The molecule has 0 amide bonds. The maximum Gasteiger partial charge on any atom is 0.194 e. The van der Waals surface area contributed by atoms with Crippen LogP contribution in [0.1, 0.15) is 32.6 Å². The predicted molar refractivity (Wildman–Crippen MR) is 94.2 cm³/mol. The smallest absolute Gasteiger partial charge is 0.194 e. The predicted octanol–water partition coefficient (Wildman–Crippen LogP) is 4.42. The molecule has 3 nitrogen and oxygen atoms in total. The monoisotopic (exact) mass is 320 g/mol. The Kier molecular flexibility index (Phi) is 5.53. The molecule has 0 radical (unpaired) electrons. The van der Waals surface area contributed by atoms with E-state index >= 15 is 0 Å². The van der Waals surface area contributed by atoms with Gasteiger partial charge in [-0.1, -0.05) is 46.3 Å². The molecule has 1 rings (SSSR count). The second kappa shape index (κ2) is 6.43. The summed E-state index contributed by atoms with van der Waals surface area (Å²) >= 11 is 0. The van der Waals surface area contributed by atoms with Gasteiger partial charge in [0.15, 0.2) is 14.4 Å². The van der Waals surface area contributed by atoms with Crippen LogP contribution in [-0.2, 0) is 4.43 Å². The van der Waals surface area contributed by atoms with Crippen LogP contribution < -0.4 is 0 Å². The molecule has 0 spiro atoms. The molecule has 0 aromatic carbocycles. The van der Waals surface area contributed by atoms with Gasteiger partial charge < -0.3 is 4.43 Å². The van der Waals surface area contributed by atoms with E-state index < -0.39 is 16.4 Å². The molecule has 0 fully saturated rings. The Labute approximate surface area is 131 Å². The molecule has 1 heterocycles. The summed E-state index contributed by atoms with van der Waals surface area (Å²) in [5, 5.41) is 0.147. The van der Waals surface area contributed by atoms with E-state index in [0.717, 1.165) is 5.69 Å². The minimum atomic E-state index is -1.90. The highest BCUT2D eigenvalue weighted by Crippen LogP contribution is 2.39. The molecule has 21 heavy (non-hydrogen) atoms. The van der Waals surface area contributed by atoms with Crippen molar-refractivity contribution in [3.05, 3.63) is 24.3 Å². The number of aromatic nitrogens is 2. The molecule has 0 N–H and O–H groups in total. The van der Waals surface area contributed by atoms with Gasteiger partial charge in [0.25, 0.3) is 0 Å². The lowest BCUT2D eigenvalue weighted by Crippen LogP contribution is -2.41. The second-order valence-electron chi connectivity index (χ2n) is 7.91. The summed E-state index contributed by atoms with van der Waals surface area (Å²) in [6.45, 7) is 17.9. The molecule has 1 unspecified atom stereocenters. The average molecular weight is 321 g/mol. The van der Waals surface area contributed by atoms with Gasteiger partial charge in [0.05, 0.1) is 11.9 Å². The molecule has 1 atom stereocenters. The van der Waals surface area contributed by atoms with Crippen molar-refractivity contribution in [1.82, 2.24) is 9.97 Å². The Morgan fingerprint density at radius 1 is 1.10 bits per heavy atom. The number of hydrogen-bond donors (Lipinski definition) is 0. The van der Waals surface area contributed by atoms with Gasteiger partial charge in [0.1, 0.15) is 8.07 Å². The SMILES string of the molecule is CC(C)(C)[Si](C)(C)OC(C#C[Si](C)(C)C)c1cnccn1. The first-order valence-corrected chi connectivity index (χ1v) is 13.8. The van der Waals surface area contributed by atoms with Crippen LogP contribution >= 0.6 is 0 Å². The summed E-state index contributed by atoms with van der Waals surface area (Å²) < 4.78 is 6.47. The summed E-state index contributed by atoms with van der Waals surface area (Å²) in [7, 11) is -3.35. The molecule has 116 valence electrons. The fourth-order valence-electron chi connectivity index (χ4n) is 1.36. The lowest BCUT2D eigenvalue weighted by Gasteiger charge is -2.37. The zero-order chi connectivity index (χ0) is 16.3. The average Bonchev–Trinajstić information content (AvgIpc) is 2.33. The van der Waals surface area contributed by atoms with Crippen LogP contribution in [0.2, 0.25) is 37.8 Å². The minimum absolute atomic E-state index is 0.147. The van der Waals surface area contributed by atoms with E-state index in [1.165, 1.54) is 0 Å². The van der Waals surface area contributed by atoms with Crippen LogP contribution in [0.15, 0.2) is 18.6 Å². The third kappa shape index (κ3) is 5.73. The van der Waals surface area contributed by atoms with E-state index in [9.17, 15) is 0 Å². The first-order valence-electron chi connectivity index (χ1n) is 7.39. The van der Waals surface area contributed by atoms with Gasteiger partial charge in [-0.3, -0.25) is 9.97 Å². The maximum atomic E-state index is 6.47. The molecule has 0 saturated carbocycles. The van der Waals surface area contributed by atoms with E-state index in [0.29, 0.717) is 0 Å². The zero-order valence-electron chi connectivity index (χ0n) is 14.6. The molecule has 0 aliphatic rings. The van der Waals surface area contributed by atoms with Gasteiger partial charge in [0, 0.05) is 12.4 Å². The quantitative estimate of drug-likeness (QED) is 0.611. The molecule has 0 aliphatic heterocycles. The van der Waals surface area contributed by atoms with Crippen molar-refractivity contribution in [3.8, 4) is 11.5 Å². The topological polar surface area (TPSA) is 35.0 Å². The van der Waals surface area contributed by atoms with Gasteiger partial charge in [-0.05, 0) is 18.1 Å². The van der Waals surface area contributed by atoms with Crippen molar-refractivity contribution in [2.75, 3.05) is 0 Å². The minimum Gasteiger partial charge on any atom is -0.398 e. The van der Waals surface area contributed by atoms with E-state index in [1.54, 1.807) is 18.6 Å². The molecule has 1 aromatic rings. The third-order valence-electron chi connectivity index (χ3n) is 3.65. The van der Waals surface area contributed by atoms with Crippen molar-refractivity contribution < 1.29 is 4.43 Å². The first kappa shape index (κ1) is 18.1. The van der Waals surface area contributed by atoms with Gasteiger partial charge >= 0.3 is 0 Å². The van der Waals surface area contributed by atoms with Gasteiger partial charge in [-0.2, -0.15) is 0 Å². The third-order valence-corrected chi connectivity index (χ3v) is 8.98. The summed E-state index contributed by atoms with van der Waals surface area (Å²) in [6.07, 6.45) is 4.87. The Hall–Kier alpha value is -0.966. The number of nitrogens with zero attached hydrogens (tertiary/aromatic N) is 2. The van der Waals surface area contributed by atoms with Crippen LogP contribution in [-0.4, -0.2) is 26.4 Å². The van der Waals surface area contributed by atoms with Crippen LogP contribution in [0.4, 0.5) is 0 Å². The van der Waals surface area contributed by atoms with E-state index in [-0.39, 0.29) is 11.1 Å². The maximum absolute atomic E-state index is 6.47. The first-order chi connectivity index (χ1) is 9.42. The van der Waals surface area contributed by atoms with Crippen molar-refractivity contribution in [2.24, 2.45) is 0 Å². The fraction of sp³-hybridized carbons (Fsp3) is 0.625. The van der Waals surface area contributed by atoms with Crippen LogP contribution in [0, 0.1) is 11.5 Å². The van der Waals surface area contributed by atoms with Crippen molar-refractivity contribution in [2.45, 2.75) is 64.6 Å². The van der Waals surface area contributed by atoms with Crippen molar-refractivity contribution in [1.29, 1.82) is 0 Å². The van der Waals surface area contributed by atoms with Gasteiger partial charge in [-0.25, -0.2) is 0 Å². The molecule has 0 bridgehead atoms. The van der Waals surface area contributed by atoms with Crippen molar-refractivity contribution in [3.63, 3.8) is 0 Å². The molecular weight excluding hydrogens is 292 g/mol. The lowest BCUT2D eigenvalue weighted by molar-refractivity contribution is 0.233. The summed E-state index contributed by atoms with van der Waals surface area (Å²) in [5.74, 6) is 3.33. The Morgan fingerprint density at radius 2 is 1.71 bits per heavy atom. The standard InChI is InChI=1S/C16H28N2OSi2/c1-16(2,3)21(7,8)19-15(9-12-20(4,5)6)14-13-17-10-11-18-14/h10-11,13,15H,1-8H3. The molecular formula is C16H28N2OSi2. The highest BCUT2D eigenvalue weighted by atomic mass is 28.4. The number of hydrogen-bond acceptors (Lipinski definition) is 3. The molecule has 1 aromatic heterocycles. The highest BCUT2D eigenvalue weighted by Gasteiger charge is 2.39. The number of rotatable bonds is 3. The van der Waals surface area contributed by atoms with Crippen LogP contribution in [0.5, 0.6) is 0 Å². The molecule has 5 heteroatoms. The van der Waals surface area contributed by atoms with E-state index in [2.05, 4.69) is 74.9 Å². The van der Waals surface area contributed by atoms with Crippen molar-refractivity contribution >= 4 is 16.4 Å². The van der Waals surface area contributed by atoms with E-state index in [4.69, 9.17) is 4.43 Å². The van der Waals surface area contributed by atoms with Gasteiger partial charge in [-0.15, -0.1) is 5.54 Å². The van der Waals surface area contributed by atoms with Gasteiger partial charge in [0.2, 0.25) is 0 Å². The summed E-state index contributed by atoms with van der Waals surface area (Å²) in [4.78, 5) is 8.55. The Bertz CT molecular complexity index is 519. The Balaban J connectivity index is 3.12.